The minimum Gasteiger partial charge on any atom is -0.574 e. The van der Waals surface area contributed by atoms with Crippen molar-refractivity contribution in [1.82, 2.24) is 21.4 Å². The Bertz CT molecular complexity index is 1580. The number of ether oxygens (including phenoxy) is 3. The summed E-state index contributed by atoms with van der Waals surface area (Å²) in [4.78, 5) is 68.1. The number of amides is 3. The third kappa shape index (κ3) is 16.3. The van der Waals surface area contributed by atoms with Crippen molar-refractivity contribution >= 4 is 35.8 Å². The first kappa shape index (κ1) is 39.4. The molecule has 3 rings (SSSR count). The summed E-state index contributed by atoms with van der Waals surface area (Å²) < 4.78 is 15.8. The van der Waals surface area contributed by atoms with E-state index in [9.17, 15) is 29.2 Å². The second kappa shape index (κ2) is 21.8. The molecule has 0 heterocycles. The van der Waals surface area contributed by atoms with Gasteiger partial charge in [-0.05, 0) is 29.5 Å². The van der Waals surface area contributed by atoms with E-state index in [4.69, 9.17) is 25.2 Å². The molecule has 8 N–H and O–H groups in total. The summed E-state index contributed by atoms with van der Waals surface area (Å²) >= 11 is 0. The Morgan fingerprint density at radius 1 is 0.765 bits per heavy atom. The Balaban J connectivity index is 1.60. The fourth-order valence-corrected chi connectivity index (χ4v) is 4.34. The van der Waals surface area contributed by atoms with Crippen molar-refractivity contribution in [3.05, 3.63) is 113 Å². The first-order valence-electron chi connectivity index (χ1n) is 15.8. The Hall–Kier alpha value is -6.04. The molecule has 0 fully saturated rings. The number of nitrogens with one attached hydrogen (secondary N) is 5. The van der Waals surface area contributed by atoms with Gasteiger partial charge in [0, 0.05) is 6.54 Å². The van der Waals surface area contributed by atoms with Crippen LogP contribution in [-0.2, 0) is 53.2 Å². The molecule has 272 valence electrons. The van der Waals surface area contributed by atoms with Crippen molar-refractivity contribution in [2.45, 2.75) is 51.2 Å². The van der Waals surface area contributed by atoms with Gasteiger partial charge in [-0.15, -0.1) is 5.34 Å². The van der Waals surface area contributed by atoms with E-state index in [0.29, 0.717) is 11.1 Å². The summed E-state index contributed by atoms with van der Waals surface area (Å²) in [7, 11) is 0. The number of guanidine groups is 1. The molecular formula is C34H41N7O10. The summed E-state index contributed by atoms with van der Waals surface area (Å²) in [5.41, 5.74) is 9.47. The van der Waals surface area contributed by atoms with Crippen molar-refractivity contribution in [3.8, 4) is 0 Å². The van der Waals surface area contributed by atoms with E-state index in [0.717, 1.165) is 5.56 Å². The number of nitrogens with zero attached hydrogens (tertiary/aromatic N) is 1. The van der Waals surface area contributed by atoms with Gasteiger partial charge in [0.05, 0.1) is 13.0 Å². The molecule has 0 aliphatic heterocycles. The standard InChI is InChI=1S/C34H41N7O10/c35-33(40-41(47)48)36-18-10-17-27(39-34(46)51-23-26-15-8-3-9-16-26)31(44)37-20-29(42)38-28(32(45)50-22-25-13-6-2-7-14-25)19-30(43)49-21-24-11-4-1-5-12-24/h1-9,11-16,27-28,41,47H,10,17-23H2,(H,37,44)(H,38,42)(H,39,46)(H3,35,36,40)/t27-,28-/m1/s1. The van der Waals surface area contributed by atoms with Crippen LogP contribution in [0, 0.1) is 5.21 Å². The zero-order valence-corrected chi connectivity index (χ0v) is 27.6. The fourth-order valence-electron chi connectivity index (χ4n) is 4.34. The molecule has 0 aliphatic rings. The third-order valence-electron chi connectivity index (χ3n) is 6.87. The summed E-state index contributed by atoms with van der Waals surface area (Å²) in [6, 6.07) is 23.9. The summed E-state index contributed by atoms with van der Waals surface area (Å²) in [5, 5.41) is 25.3. The van der Waals surface area contributed by atoms with Gasteiger partial charge < -0.3 is 41.1 Å². The zero-order chi connectivity index (χ0) is 36.8. The van der Waals surface area contributed by atoms with Crippen molar-refractivity contribution in [1.29, 1.82) is 0 Å². The summed E-state index contributed by atoms with van der Waals surface area (Å²) in [5.74, 6) is -3.62. The molecule has 3 aromatic carbocycles. The third-order valence-corrected chi connectivity index (χ3v) is 6.87. The minimum atomic E-state index is -1.44. The Kier molecular flexibility index (Phi) is 16.9. The second-order valence-corrected chi connectivity index (χ2v) is 10.9. The number of rotatable bonds is 19. The van der Waals surface area contributed by atoms with Crippen molar-refractivity contribution in [3.63, 3.8) is 0 Å². The fraction of sp³-hybridized carbons (Fsp3) is 0.294. The van der Waals surface area contributed by atoms with E-state index in [1.54, 1.807) is 84.9 Å². The van der Waals surface area contributed by atoms with Crippen LogP contribution in [0.3, 0.4) is 0 Å². The molecule has 3 amide bonds. The number of hydrogen-bond acceptors (Lipinski definition) is 11. The van der Waals surface area contributed by atoms with E-state index in [-0.39, 0.29) is 45.2 Å². The molecule has 0 bridgehead atoms. The number of hydrogen-bond donors (Lipinski definition) is 7. The van der Waals surface area contributed by atoms with Crippen LogP contribution >= 0.6 is 0 Å². The first-order valence-corrected chi connectivity index (χ1v) is 15.8. The molecule has 0 spiro atoms. The molecule has 0 radical (unpaired) electrons. The van der Waals surface area contributed by atoms with Gasteiger partial charge in [0.1, 0.15) is 31.9 Å². The van der Waals surface area contributed by atoms with E-state index in [2.05, 4.69) is 20.9 Å². The predicted molar refractivity (Wildman–Crippen MR) is 181 cm³/mol. The van der Waals surface area contributed by atoms with Crippen LogP contribution in [0.15, 0.2) is 96.0 Å². The molecule has 0 saturated heterocycles. The number of carbonyl (C=O) groups is 5. The zero-order valence-electron chi connectivity index (χ0n) is 27.6. The molecule has 3 atom stereocenters. The number of quaternary nitrogens is 1. The van der Waals surface area contributed by atoms with Gasteiger partial charge in [-0.1, -0.05) is 91.0 Å². The average Bonchev–Trinajstić information content (AvgIpc) is 3.13. The van der Waals surface area contributed by atoms with Gasteiger partial charge in [-0.25, -0.2) is 14.6 Å². The summed E-state index contributed by atoms with van der Waals surface area (Å²) in [6.07, 6.45) is -1.28. The van der Waals surface area contributed by atoms with Gasteiger partial charge in [0.15, 0.2) is 0 Å². The van der Waals surface area contributed by atoms with Gasteiger partial charge in [-0.2, -0.15) is 10.6 Å². The molecule has 17 nitrogen and oxygen atoms in total. The summed E-state index contributed by atoms with van der Waals surface area (Å²) in [6.45, 7) is -0.862. The lowest BCUT2D eigenvalue weighted by molar-refractivity contribution is -1.08. The van der Waals surface area contributed by atoms with Crippen LogP contribution in [0.4, 0.5) is 4.79 Å². The van der Waals surface area contributed by atoms with Crippen LogP contribution < -0.4 is 32.4 Å². The largest absolute Gasteiger partial charge is 0.574 e. The normalized spacial score (nSPS) is 12.7. The number of benzene rings is 3. The van der Waals surface area contributed by atoms with Gasteiger partial charge in [-0.3, -0.25) is 14.4 Å². The van der Waals surface area contributed by atoms with Gasteiger partial charge in [0.25, 0.3) is 0 Å². The lowest BCUT2D eigenvalue weighted by Gasteiger charge is -2.20. The number of alkyl carbamates (subject to hydrolysis) is 1. The predicted octanol–water partition coefficient (Wildman–Crippen LogP) is 0.131. The second-order valence-electron chi connectivity index (χ2n) is 10.9. The molecular weight excluding hydrogens is 666 g/mol. The van der Waals surface area contributed by atoms with Crippen LogP contribution in [0.5, 0.6) is 0 Å². The maximum atomic E-state index is 13.1. The molecule has 1 unspecified atom stereocenters. The maximum Gasteiger partial charge on any atom is 0.408 e. The molecule has 51 heavy (non-hydrogen) atoms. The van der Waals surface area contributed by atoms with Crippen LogP contribution in [0.1, 0.15) is 36.0 Å². The van der Waals surface area contributed by atoms with Gasteiger partial charge in [0.2, 0.25) is 17.8 Å². The number of esters is 2. The molecule has 3 aromatic rings. The number of nitrogens with two attached hydrogens (primary N) is 1. The minimum absolute atomic E-state index is 0.000563. The smallest absolute Gasteiger partial charge is 0.408 e. The highest BCUT2D eigenvalue weighted by atomic mass is 16.8. The lowest BCUT2D eigenvalue weighted by atomic mass is 10.1. The number of aliphatic imine (C=N–C) groups is 1. The molecule has 17 heteroatoms. The monoisotopic (exact) mass is 707 g/mol. The van der Waals surface area contributed by atoms with E-state index in [1.165, 1.54) is 0 Å². The average molecular weight is 708 g/mol. The number of carbonyl (C=O) groups excluding carboxylic acids is 5. The van der Waals surface area contributed by atoms with Gasteiger partial charge >= 0.3 is 18.0 Å². The lowest BCUT2D eigenvalue weighted by Crippen LogP contribution is -3.13. The Morgan fingerprint density at radius 2 is 1.29 bits per heavy atom. The van der Waals surface area contributed by atoms with E-state index >= 15 is 0 Å². The Labute approximate surface area is 293 Å². The maximum absolute atomic E-state index is 13.1. The highest BCUT2D eigenvalue weighted by molar-refractivity contribution is 5.92. The van der Waals surface area contributed by atoms with Crippen molar-refractivity contribution in [2.75, 3.05) is 13.1 Å². The van der Waals surface area contributed by atoms with Crippen LogP contribution in [0.2, 0.25) is 0 Å². The highest BCUT2D eigenvalue weighted by Gasteiger charge is 2.28. The highest BCUT2D eigenvalue weighted by Crippen LogP contribution is 2.08. The quantitative estimate of drug-likeness (QED) is 0.0220. The van der Waals surface area contributed by atoms with Crippen molar-refractivity contribution < 1.29 is 48.7 Å². The topological polar surface area (TPSA) is 247 Å². The van der Waals surface area contributed by atoms with Crippen LogP contribution in [-0.4, -0.2) is 66.2 Å². The molecule has 0 aromatic heterocycles. The van der Waals surface area contributed by atoms with E-state index < -0.39 is 60.2 Å². The van der Waals surface area contributed by atoms with Crippen molar-refractivity contribution in [2.24, 2.45) is 10.7 Å². The molecule has 0 saturated carbocycles. The van der Waals surface area contributed by atoms with E-state index in [1.807, 2.05) is 11.5 Å². The molecule has 0 aliphatic carbocycles. The Morgan fingerprint density at radius 3 is 1.84 bits per heavy atom. The first-order chi connectivity index (χ1) is 24.6. The van der Waals surface area contributed by atoms with Crippen LogP contribution in [0.25, 0.3) is 0 Å². The SMILES string of the molecule is NC(=NCCC[C@@H](NC(=O)OCc1ccccc1)C(=O)NCC(=O)N[C@H](CC(=O)OCc1ccccc1)C(=O)OCc1ccccc1)N[NH+]([O-])O.